The number of hydrogen-bond donors (Lipinski definition) is 1. The lowest BCUT2D eigenvalue weighted by Gasteiger charge is -2.45. The van der Waals surface area contributed by atoms with Crippen LogP contribution in [0.5, 0.6) is 0 Å². The van der Waals surface area contributed by atoms with E-state index in [1.165, 1.54) is 71.9 Å². The normalized spacial score (nSPS) is 22.7. The molecule has 0 radical (unpaired) electrons. The van der Waals surface area contributed by atoms with E-state index in [0.717, 1.165) is 19.5 Å². The van der Waals surface area contributed by atoms with Gasteiger partial charge in [0.1, 0.15) is 0 Å². The van der Waals surface area contributed by atoms with Gasteiger partial charge in [-0.1, -0.05) is 72.8 Å². The van der Waals surface area contributed by atoms with Gasteiger partial charge in [-0.3, -0.25) is 9.80 Å². The van der Waals surface area contributed by atoms with Crippen molar-refractivity contribution in [3.05, 3.63) is 107 Å². The number of benzene rings is 3. The number of hydrogen-bond acceptors (Lipinski definition) is 2. The number of H-pyrrole nitrogens is 1. The fourth-order valence-electron chi connectivity index (χ4n) is 6.98. The highest BCUT2D eigenvalue weighted by atomic mass is 15.1. The maximum Gasteiger partial charge on any atom is 0.0459 e. The zero-order valence-electron chi connectivity index (χ0n) is 21.8. The van der Waals surface area contributed by atoms with Crippen molar-refractivity contribution < 1.29 is 0 Å². The van der Waals surface area contributed by atoms with Crippen LogP contribution in [-0.2, 0) is 24.9 Å². The Morgan fingerprint density at radius 2 is 1.56 bits per heavy atom. The molecule has 2 aliphatic rings. The quantitative estimate of drug-likeness (QED) is 0.327. The molecule has 0 saturated heterocycles. The van der Waals surface area contributed by atoms with E-state index < -0.39 is 0 Å². The standard InChI is InChI=1S/C33H39N3/c1-35(2)33(28-12-4-3-5-13-28)20-16-26(17-21-33)32-30(29-14-8-9-15-31(29)34-32)19-23-36-22-18-25-10-6-7-11-27(25)24-36/h3-15,26,34H,16-24H2,1-2H3. The van der Waals surface area contributed by atoms with E-state index >= 15 is 0 Å². The molecular formula is C33H39N3. The molecule has 1 aromatic heterocycles. The van der Waals surface area contributed by atoms with E-state index in [1.807, 2.05) is 0 Å². The van der Waals surface area contributed by atoms with Crippen molar-refractivity contribution in [2.75, 3.05) is 27.2 Å². The summed E-state index contributed by atoms with van der Waals surface area (Å²) in [6.07, 6.45) is 7.15. The fraction of sp³-hybridized carbons (Fsp3) is 0.394. The highest BCUT2D eigenvalue weighted by molar-refractivity contribution is 5.85. The average Bonchev–Trinajstić information content (AvgIpc) is 3.30. The van der Waals surface area contributed by atoms with Gasteiger partial charge in [0.25, 0.3) is 0 Å². The summed E-state index contributed by atoms with van der Waals surface area (Å²) in [6.45, 7) is 3.38. The first-order valence-electron chi connectivity index (χ1n) is 13.8. The molecule has 0 atom stereocenters. The minimum atomic E-state index is 0.144. The molecule has 0 unspecified atom stereocenters. The van der Waals surface area contributed by atoms with Gasteiger partial charge in [-0.05, 0) is 86.9 Å². The largest absolute Gasteiger partial charge is 0.358 e. The number of fused-ring (bicyclic) bond motifs is 2. The van der Waals surface area contributed by atoms with Gasteiger partial charge >= 0.3 is 0 Å². The van der Waals surface area contributed by atoms with Gasteiger partial charge in [-0.2, -0.15) is 0 Å². The monoisotopic (exact) mass is 477 g/mol. The number of nitrogens with one attached hydrogen (secondary N) is 1. The second-order valence-corrected chi connectivity index (χ2v) is 11.2. The van der Waals surface area contributed by atoms with Gasteiger partial charge in [0.05, 0.1) is 0 Å². The van der Waals surface area contributed by atoms with E-state index in [-0.39, 0.29) is 5.54 Å². The third-order valence-corrected chi connectivity index (χ3v) is 9.12. The molecule has 0 spiro atoms. The van der Waals surface area contributed by atoms with Crippen LogP contribution in [0.2, 0.25) is 0 Å². The summed E-state index contributed by atoms with van der Waals surface area (Å²) in [5, 5.41) is 1.43. The molecule has 2 heterocycles. The van der Waals surface area contributed by atoms with Gasteiger partial charge < -0.3 is 4.98 Å². The van der Waals surface area contributed by atoms with Crippen LogP contribution in [0.15, 0.2) is 78.9 Å². The predicted molar refractivity (Wildman–Crippen MR) is 150 cm³/mol. The second-order valence-electron chi connectivity index (χ2n) is 11.2. The van der Waals surface area contributed by atoms with E-state index in [0.29, 0.717) is 5.92 Å². The van der Waals surface area contributed by atoms with Gasteiger partial charge in [-0.15, -0.1) is 0 Å². The molecular weight excluding hydrogens is 438 g/mol. The summed E-state index contributed by atoms with van der Waals surface area (Å²) in [5.74, 6) is 0.603. The van der Waals surface area contributed by atoms with Crippen LogP contribution in [0.25, 0.3) is 10.9 Å². The number of para-hydroxylation sites is 1. The topological polar surface area (TPSA) is 22.3 Å². The molecule has 186 valence electrons. The summed E-state index contributed by atoms with van der Waals surface area (Å²) in [6, 6.07) is 29.1. The predicted octanol–water partition coefficient (Wildman–Crippen LogP) is 6.88. The van der Waals surface area contributed by atoms with Crippen LogP contribution in [-0.4, -0.2) is 42.0 Å². The Morgan fingerprint density at radius 3 is 2.33 bits per heavy atom. The average molecular weight is 478 g/mol. The Morgan fingerprint density at radius 1 is 0.861 bits per heavy atom. The third kappa shape index (κ3) is 4.29. The van der Waals surface area contributed by atoms with Crippen LogP contribution in [0, 0.1) is 0 Å². The zero-order valence-corrected chi connectivity index (χ0v) is 21.8. The van der Waals surface area contributed by atoms with Crippen molar-refractivity contribution in [1.29, 1.82) is 0 Å². The number of rotatable bonds is 6. The Balaban J connectivity index is 1.23. The van der Waals surface area contributed by atoms with Crippen molar-refractivity contribution in [3.8, 4) is 0 Å². The second kappa shape index (κ2) is 9.88. The summed E-state index contributed by atoms with van der Waals surface area (Å²) < 4.78 is 0. The maximum atomic E-state index is 3.90. The van der Waals surface area contributed by atoms with Gasteiger partial charge in [0, 0.05) is 41.8 Å². The highest BCUT2D eigenvalue weighted by Crippen LogP contribution is 2.47. The molecule has 4 aromatic rings. The van der Waals surface area contributed by atoms with Crippen LogP contribution in [0.4, 0.5) is 0 Å². The Hall–Kier alpha value is -2.88. The summed E-state index contributed by atoms with van der Waals surface area (Å²) >= 11 is 0. The zero-order chi connectivity index (χ0) is 24.5. The Kier molecular flexibility index (Phi) is 6.45. The summed E-state index contributed by atoms with van der Waals surface area (Å²) in [5.41, 5.74) is 9.03. The number of aromatic amines is 1. The van der Waals surface area contributed by atoms with Crippen LogP contribution >= 0.6 is 0 Å². The molecule has 1 fully saturated rings. The molecule has 3 aromatic carbocycles. The third-order valence-electron chi connectivity index (χ3n) is 9.12. The summed E-state index contributed by atoms with van der Waals surface area (Å²) in [7, 11) is 4.52. The highest BCUT2D eigenvalue weighted by Gasteiger charge is 2.39. The maximum absolute atomic E-state index is 3.90. The van der Waals surface area contributed by atoms with E-state index in [1.54, 1.807) is 5.56 Å². The van der Waals surface area contributed by atoms with Crippen LogP contribution < -0.4 is 0 Å². The SMILES string of the molecule is CN(C)C1(c2ccccc2)CCC(c2[nH]c3ccccc3c2CCN2CCc3ccccc3C2)CC1. The van der Waals surface area contributed by atoms with Crippen molar-refractivity contribution in [2.24, 2.45) is 0 Å². The van der Waals surface area contributed by atoms with Gasteiger partial charge in [0.15, 0.2) is 0 Å². The smallest absolute Gasteiger partial charge is 0.0459 e. The minimum Gasteiger partial charge on any atom is -0.358 e. The molecule has 1 N–H and O–H groups in total. The van der Waals surface area contributed by atoms with E-state index in [9.17, 15) is 0 Å². The Labute approximate surface area is 216 Å². The molecule has 0 amide bonds. The lowest BCUT2D eigenvalue weighted by atomic mass is 9.70. The van der Waals surface area contributed by atoms with Crippen LogP contribution in [0.1, 0.15) is 59.5 Å². The first-order valence-corrected chi connectivity index (χ1v) is 13.8. The summed E-state index contributed by atoms with van der Waals surface area (Å²) in [4.78, 5) is 9.03. The van der Waals surface area contributed by atoms with Gasteiger partial charge in [-0.25, -0.2) is 0 Å². The number of aromatic nitrogens is 1. The lowest BCUT2D eigenvalue weighted by molar-refractivity contribution is 0.0903. The molecule has 3 heteroatoms. The van der Waals surface area contributed by atoms with Crippen molar-refractivity contribution >= 4 is 10.9 Å². The molecule has 1 saturated carbocycles. The van der Waals surface area contributed by atoms with E-state index in [2.05, 4.69) is 108 Å². The first-order chi connectivity index (χ1) is 17.6. The lowest BCUT2D eigenvalue weighted by Crippen LogP contribution is -2.44. The molecule has 1 aliphatic heterocycles. The Bertz CT molecular complexity index is 1310. The van der Waals surface area contributed by atoms with Crippen molar-refractivity contribution in [2.45, 2.75) is 56.5 Å². The number of nitrogens with zero attached hydrogens (tertiary/aromatic N) is 2. The van der Waals surface area contributed by atoms with Gasteiger partial charge in [0.2, 0.25) is 0 Å². The molecule has 1 aliphatic carbocycles. The first kappa shape index (κ1) is 23.5. The van der Waals surface area contributed by atoms with Crippen molar-refractivity contribution in [1.82, 2.24) is 14.8 Å². The molecule has 36 heavy (non-hydrogen) atoms. The molecule has 6 rings (SSSR count). The fourth-order valence-corrected chi connectivity index (χ4v) is 6.98. The van der Waals surface area contributed by atoms with Crippen LogP contribution in [0.3, 0.4) is 0 Å². The minimum absolute atomic E-state index is 0.144. The van der Waals surface area contributed by atoms with E-state index in [4.69, 9.17) is 0 Å². The van der Waals surface area contributed by atoms with Crippen molar-refractivity contribution in [3.63, 3.8) is 0 Å². The molecule has 3 nitrogen and oxygen atoms in total. The molecule has 0 bridgehead atoms.